The maximum absolute atomic E-state index is 12.6. The van der Waals surface area contributed by atoms with E-state index in [1.807, 2.05) is 24.3 Å². The Bertz CT molecular complexity index is 1160. The number of fused-ring (bicyclic) bond motifs is 1. The van der Waals surface area contributed by atoms with Gasteiger partial charge in [0.05, 0.1) is 19.2 Å². The van der Waals surface area contributed by atoms with Gasteiger partial charge in [-0.2, -0.15) is 0 Å². The summed E-state index contributed by atoms with van der Waals surface area (Å²) in [7, 11) is 1.53. The summed E-state index contributed by atoms with van der Waals surface area (Å²) in [6.07, 6.45) is -0.446. The third-order valence-electron chi connectivity index (χ3n) is 5.37. The van der Waals surface area contributed by atoms with E-state index in [0.29, 0.717) is 43.2 Å². The fraction of sp³-hybridized carbons (Fsp3) is 0.250. The van der Waals surface area contributed by atoms with E-state index in [1.165, 1.54) is 7.11 Å². The van der Waals surface area contributed by atoms with Crippen molar-refractivity contribution in [2.75, 3.05) is 39.8 Å². The van der Waals surface area contributed by atoms with E-state index in [0.717, 1.165) is 5.39 Å². The van der Waals surface area contributed by atoms with Crippen LogP contribution in [-0.4, -0.2) is 72.5 Å². The Morgan fingerprint density at radius 1 is 0.939 bits per heavy atom. The number of hydrogen-bond acceptors (Lipinski definition) is 6. The first-order chi connectivity index (χ1) is 16.0. The molecule has 9 heteroatoms. The van der Waals surface area contributed by atoms with Gasteiger partial charge in [0.2, 0.25) is 5.91 Å². The number of carbonyl (C=O) groups excluding carboxylic acids is 3. The number of nitrogens with zero attached hydrogens (tertiary/aromatic N) is 3. The van der Waals surface area contributed by atoms with Gasteiger partial charge in [-0.05, 0) is 24.3 Å². The molecule has 1 aliphatic heterocycles. The van der Waals surface area contributed by atoms with Crippen LogP contribution >= 0.6 is 0 Å². The molecule has 0 aliphatic carbocycles. The number of carbonyl (C=O) groups is 3. The number of benzene rings is 2. The standard InChI is InChI=1S/C24H24N4O5/c1-32-21-15-20(26-19-10-6-5-9-18(19)21)23(30)25-16-22(29)27-11-13-28(14-12-27)24(31)33-17-7-3-2-4-8-17/h2-10,15H,11-14,16H2,1H3,(H,25,30). The molecule has 1 aromatic heterocycles. The summed E-state index contributed by atoms with van der Waals surface area (Å²) in [6.45, 7) is 1.27. The van der Waals surface area contributed by atoms with Crippen molar-refractivity contribution in [3.05, 3.63) is 66.4 Å². The normalized spacial score (nSPS) is 13.5. The molecule has 0 unspecified atom stereocenters. The Balaban J connectivity index is 1.29. The van der Waals surface area contributed by atoms with Crippen LogP contribution in [0.15, 0.2) is 60.7 Å². The molecule has 1 saturated heterocycles. The fourth-order valence-electron chi connectivity index (χ4n) is 3.58. The second-order valence-electron chi connectivity index (χ2n) is 7.46. The first-order valence-corrected chi connectivity index (χ1v) is 10.6. The van der Waals surface area contributed by atoms with Crippen molar-refractivity contribution in [1.82, 2.24) is 20.1 Å². The van der Waals surface area contributed by atoms with E-state index in [2.05, 4.69) is 10.3 Å². The number of para-hydroxylation sites is 2. The van der Waals surface area contributed by atoms with Crippen molar-refractivity contribution in [2.45, 2.75) is 0 Å². The minimum atomic E-state index is -0.461. The lowest BCUT2D eigenvalue weighted by Gasteiger charge is -2.34. The Morgan fingerprint density at radius 3 is 2.33 bits per heavy atom. The number of piperazine rings is 1. The molecule has 0 spiro atoms. The summed E-state index contributed by atoms with van der Waals surface area (Å²) in [4.78, 5) is 45.0. The minimum Gasteiger partial charge on any atom is -0.496 e. The smallest absolute Gasteiger partial charge is 0.415 e. The van der Waals surface area contributed by atoms with Gasteiger partial charge in [0.15, 0.2) is 0 Å². The highest BCUT2D eigenvalue weighted by atomic mass is 16.6. The zero-order valence-corrected chi connectivity index (χ0v) is 18.2. The summed E-state index contributed by atoms with van der Waals surface area (Å²) in [5.74, 6) is 0.322. The van der Waals surface area contributed by atoms with Gasteiger partial charge in [0.25, 0.3) is 5.91 Å². The molecule has 0 radical (unpaired) electrons. The van der Waals surface area contributed by atoms with Crippen LogP contribution in [-0.2, 0) is 4.79 Å². The third-order valence-corrected chi connectivity index (χ3v) is 5.37. The van der Waals surface area contributed by atoms with Crippen LogP contribution < -0.4 is 14.8 Å². The predicted octanol–water partition coefficient (Wildman–Crippen LogP) is 2.32. The van der Waals surface area contributed by atoms with Crippen LogP contribution in [0.5, 0.6) is 11.5 Å². The number of methoxy groups -OCH3 is 1. The van der Waals surface area contributed by atoms with Gasteiger partial charge in [0, 0.05) is 37.6 Å². The average molecular weight is 448 g/mol. The highest BCUT2D eigenvalue weighted by Gasteiger charge is 2.25. The van der Waals surface area contributed by atoms with Crippen molar-refractivity contribution in [3.8, 4) is 11.5 Å². The van der Waals surface area contributed by atoms with Gasteiger partial charge >= 0.3 is 6.09 Å². The Hall–Kier alpha value is -4.14. The number of nitrogens with one attached hydrogen (secondary N) is 1. The van der Waals surface area contributed by atoms with Gasteiger partial charge in [-0.15, -0.1) is 0 Å². The highest BCUT2D eigenvalue weighted by molar-refractivity contribution is 5.98. The van der Waals surface area contributed by atoms with Crippen molar-refractivity contribution in [3.63, 3.8) is 0 Å². The summed E-state index contributed by atoms with van der Waals surface area (Å²) in [5, 5.41) is 3.43. The molecular weight excluding hydrogens is 424 g/mol. The molecule has 0 saturated carbocycles. The van der Waals surface area contributed by atoms with E-state index in [4.69, 9.17) is 9.47 Å². The highest BCUT2D eigenvalue weighted by Crippen LogP contribution is 2.24. The van der Waals surface area contributed by atoms with Gasteiger partial charge in [0.1, 0.15) is 17.2 Å². The third kappa shape index (κ3) is 5.20. The number of ether oxygens (including phenoxy) is 2. The van der Waals surface area contributed by atoms with E-state index in [-0.39, 0.29) is 18.1 Å². The number of rotatable bonds is 5. The SMILES string of the molecule is COc1cc(C(=O)NCC(=O)N2CCN(C(=O)Oc3ccccc3)CC2)nc2ccccc12. The zero-order valence-electron chi connectivity index (χ0n) is 18.2. The topological polar surface area (TPSA) is 101 Å². The fourth-order valence-corrected chi connectivity index (χ4v) is 3.58. The van der Waals surface area contributed by atoms with E-state index in [9.17, 15) is 14.4 Å². The van der Waals surface area contributed by atoms with E-state index >= 15 is 0 Å². The monoisotopic (exact) mass is 448 g/mol. The van der Waals surface area contributed by atoms with Gasteiger partial charge in [-0.25, -0.2) is 9.78 Å². The lowest BCUT2D eigenvalue weighted by atomic mass is 10.1. The summed E-state index contributed by atoms with van der Waals surface area (Å²) >= 11 is 0. The first kappa shape index (κ1) is 22.1. The Morgan fingerprint density at radius 2 is 1.61 bits per heavy atom. The van der Waals surface area contributed by atoms with Gasteiger partial charge < -0.3 is 24.6 Å². The van der Waals surface area contributed by atoms with Gasteiger partial charge in [-0.1, -0.05) is 30.3 Å². The minimum absolute atomic E-state index is 0.163. The molecule has 0 atom stereocenters. The van der Waals surface area contributed by atoms with Crippen LogP contribution in [0.25, 0.3) is 10.9 Å². The molecular formula is C24H24N4O5. The van der Waals surface area contributed by atoms with Crippen LogP contribution in [0.3, 0.4) is 0 Å². The second kappa shape index (κ2) is 9.99. The molecule has 3 amide bonds. The van der Waals surface area contributed by atoms with Crippen molar-refractivity contribution >= 4 is 28.8 Å². The molecule has 2 aromatic carbocycles. The van der Waals surface area contributed by atoms with E-state index < -0.39 is 12.0 Å². The Kier molecular flexibility index (Phi) is 6.68. The quantitative estimate of drug-likeness (QED) is 0.643. The Labute approximate surface area is 190 Å². The summed E-state index contributed by atoms with van der Waals surface area (Å²) < 4.78 is 10.7. The molecule has 9 nitrogen and oxygen atoms in total. The molecule has 4 rings (SSSR count). The van der Waals surface area contributed by atoms with Crippen molar-refractivity contribution in [2.24, 2.45) is 0 Å². The maximum atomic E-state index is 12.6. The molecule has 0 bridgehead atoms. The van der Waals surface area contributed by atoms with Crippen LogP contribution in [0.2, 0.25) is 0 Å². The van der Waals surface area contributed by atoms with E-state index in [1.54, 1.807) is 46.2 Å². The molecule has 2 heterocycles. The van der Waals surface area contributed by atoms with Crippen molar-refractivity contribution < 1.29 is 23.9 Å². The molecule has 33 heavy (non-hydrogen) atoms. The number of aromatic nitrogens is 1. The number of hydrogen-bond donors (Lipinski definition) is 1. The largest absolute Gasteiger partial charge is 0.496 e. The molecule has 1 N–H and O–H groups in total. The second-order valence-corrected chi connectivity index (χ2v) is 7.46. The maximum Gasteiger partial charge on any atom is 0.415 e. The lowest BCUT2D eigenvalue weighted by molar-refractivity contribution is -0.131. The van der Waals surface area contributed by atoms with Crippen LogP contribution in [0.1, 0.15) is 10.5 Å². The number of amides is 3. The molecule has 170 valence electrons. The molecule has 3 aromatic rings. The number of pyridine rings is 1. The zero-order chi connectivity index (χ0) is 23.2. The predicted molar refractivity (Wildman–Crippen MR) is 121 cm³/mol. The average Bonchev–Trinajstić information content (AvgIpc) is 2.87. The van der Waals surface area contributed by atoms with Crippen LogP contribution in [0, 0.1) is 0 Å². The van der Waals surface area contributed by atoms with Crippen LogP contribution in [0.4, 0.5) is 4.79 Å². The molecule has 1 fully saturated rings. The summed E-state index contributed by atoms with van der Waals surface area (Å²) in [6, 6.07) is 17.7. The summed E-state index contributed by atoms with van der Waals surface area (Å²) in [5.41, 5.74) is 0.804. The van der Waals surface area contributed by atoms with Crippen molar-refractivity contribution in [1.29, 1.82) is 0 Å². The lowest BCUT2D eigenvalue weighted by Crippen LogP contribution is -2.53. The first-order valence-electron chi connectivity index (χ1n) is 10.6. The van der Waals surface area contributed by atoms with Gasteiger partial charge in [-0.3, -0.25) is 9.59 Å². The molecule has 1 aliphatic rings.